The lowest BCUT2D eigenvalue weighted by molar-refractivity contribution is -0.146. The molecular formula is C26H35ClN2O4. The van der Waals surface area contributed by atoms with E-state index in [2.05, 4.69) is 15.0 Å². The van der Waals surface area contributed by atoms with Crippen molar-refractivity contribution >= 4 is 24.3 Å². The Hall–Kier alpha value is -2.44. The molecule has 1 aromatic carbocycles. The van der Waals surface area contributed by atoms with Crippen LogP contribution < -0.4 is 5.32 Å². The second kappa shape index (κ2) is 14.0. The molecule has 2 aliphatic rings. The average Bonchev–Trinajstić information content (AvgIpc) is 2.89. The van der Waals surface area contributed by atoms with Crippen LogP contribution in [-0.4, -0.2) is 43.7 Å². The lowest BCUT2D eigenvalue weighted by atomic mass is 9.78. The van der Waals surface area contributed by atoms with Gasteiger partial charge in [-0.05, 0) is 50.3 Å². The first-order valence-electron chi connectivity index (χ1n) is 11.5. The van der Waals surface area contributed by atoms with Gasteiger partial charge in [-0.1, -0.05) is 49.6 Å². The van der Waals surface area contributed by atoms with E-state index in [9.17, 15) is 9.59 Å². The molecule has 0 radical (unpaired) electrons. The maximum Gasteiger partial charge on any atom is 0.337 e. The number of halogens is 1. The summed E-state index contributed by atoms with van der Waals surface area (Å²) in [4.78, 5) is 27.1. The number of carbonyl (C=O) groups is 2. The van der Waals surface area contributed by atoms with Gasteiger partial charge in [-0.15, -0.1) is 12.4 Å². The minimum atomic E-state index is -0.348. The van der Waals surface area contributed by atoms with Gasteiger partial charge in [0.25, 0.3) is 0 Å². The Labute approximate surface area is 202 Å². The van der Waals surface area contributed by atoms with Crippen molar-refractivity contribution in [3.8, 4) is 11.3 Å². The quantitative estimate of drug-likeness (QED) is 0.623. The van der Waals surface area contributed by atoms with Crippen LogP contribution in [-0.2, 0) is 14.3 Å². The molecule has 1 aliphatic carbocycles. The van der Waals surface area contributed by atoms with Gasteiger partial charge in [0.2, 0.25) is 0 Å². The fraction of sp³-hybridized carbons (Fsp3) is 0.500. The molecule has 1 saturated carbocycles. The van der Waals surface area contributed by atoms with Gasteiger partial charge in [0.05, 0.1) is 31.4 Å². The van der Waals surface area contributed by atoms with Gasteiger partial charge in [0.15, 0.2) is 0 Å². The standard InChI is InChI=1S/C13H23NO2.C13H11NO2.ClH/c2*1-16-13(15)11-7-8-14-12(9-11)10-5-3-2-4-6-10;/h10-12,14H,2-9H2,1H3;2-9H,1H3;1H. The van der Waals surface area contributed by atoms with Gasteiger partial charge in [-0.2, -0.15) is 0 Å². The topological polar surface area (TPSA) is 77.5 Å². The number of esters is 2. The molecule has 1 saturated heterocycles. The SMILES string of the molecule is COC(=O)C1CCNC(C2CCCCC2)C1.COC(=O)c1ccnc(-c2ccccc2)c1.Cl. The molecule has 6 nitrogen and oxygen atoms in total. The largest absolute Gasteiger partial charge is 0.469 e. The van der Waals surface area contributed by atoms with Crippen LogP contribution >= 0.6 is 12.4 Å². The Morgan fingerprint density at radius 2 is 1.70 bits per heavy atom. The maximum absolute atomic E-state index is 11.5. The van der Waals surface area contributed by atoms with Gasteiger partial charge in [-0.3, -0.25) is 9.78 Å². The third-order valence-electron chi connectivity index (χ3n) is 6.44. The van der Waals surface area contributed by atoms with Crippen LogP contribution in [0.15, 0.2) is 48.7 Å². The molecule has 33 heavy (non-hydrogen) atoms. The van der Waals surface area contributed by atoms with Crippen molar-refractivity contribution in [3.05, 3.63) is 54.2 Å². The van der Waals surface area contributed by atoms with Crippen LogP contribution in [0.2, 0.25) is 0 Å². The van der Waals surface area contributed by atoms with E-state index in [4.69, 9.17) is 4.74 Å². The van der Waals surface area contributed by atoms with Gasteiger partial charge < -0.3 is 14.8 Å². The van der Waals surface area contributed by atoms with Crippen LogP contribution in [0.25, 0.3) is 11.3 Å². The summed E-state index contributed by atoms with van der Waals surface area (Å²) in [6.45, 7) is 0.973. The van der Waals surface area contributed by atoms with E-state index in [0.717, 1.165) is 36.6 Å². The monoisotopic (exact) mass is 474 g/mol. The maximum atomic E-state index is 11.5. The Morgan fingerprint density at radius 1 is 0.970 bits per heavy atom. The van der Waals surface area contributed by atoms with Crippen molar-refractivity contribution in [2.75, 3.05) is 20.8 Å². The lowest BCUT2D eigenvalue weighted by Crippen LogP contribution is -2.45. The Bertz CT molecular complexity index is 872. The molecular weight excluding hydrogens is 440 g/mol. The number of aromatic nitrogens is 1. The molecule has 2 atom stereocenters. The predicted octanol–water partition coefficient (Wildman–Crippen LogP) is 5.06. The van der Waals surface area contributed by atoms with Crippen molar-refractivity contribution in [1.29, 1.82) is 0 Å². The normalized spacial score (nSPS) is 20.4. The van der Waals surface area contributed by atoms with Gasteiger partial charge >= 0.3 is 11.9 Å². The fourth-order valence-electron chi connectivity index (χ4n) is 4.67. The Balaban J connectivity index is 0.000000227. The number of hydrogen-bond acceptors (Lipinski definition) is 6. The van der Waals surface area contributed by atoms with Crippen molar-refractivity contribution < 1.29 is 19.1 Å². The Kier molecular flexibility index (Phi) is 11.3. The van der Waals surface area contributed by atoms with E-state index in [1.165, 1.54) is 46.3 Å². The molecule has 1 aliphatic heterocycles. The summed E-state index contributed by atoms with van der Waals surface area (Å²) in [5.74, 6) is 0.571. The highest BCUT2D eigenvalue weighted by Gasteiger charge is 2.32. The van der Waals surface area contributed by atoms with E-state index in [1.807, 2.05) is 30.3 Å². The zero-order valence-electron chi connectivity index (χ0n) is 19.5. The van der Waals surface area contributed by atoms with E-state index >= 15 is 0 Å². The number of piperidine rings is 1. The lowest BCUT2D eigenvalue weighted by Gasteiger charge is -2.36. The second-order valence-corrected chi connectivity index (χ2v) is 8.49. The third kappa shape index (κ3) is 7.83. The fourth-order valence-corrected chi connectivity index (χ4v) is 4.67. The zero-order chi connectivity index (χ0) is 22.8. The van der Waals surface area contributed by atoms with Crippen molar-refractivity contribution in [3.63, 3.8) is 0 Å². The summed E-state index contributed by atoms with van der Waals surface area (Å²) in [6, 6.07) is 13.6. The molecule has 2 unspecified atom stereocenters. The Morgan fingerprint density at radius 3 is 2.36 bits per heavy atom. The number of rotatable bonds is 4. The number of ether oxygens (including phenoxy) is 2. The molecule has 2 aromatic rings. The van der Waals surface area contributed by atoms with Crippen molar-refractivity contribution in [2.24, 2.45) is 11.8 Å². The molecule has 2 fully saturated rings. The summed E-state index contributed by atoms with van der Waals surface area (Å²) < 4.78 is 9.52. The number of nitrogens with one attached hydrogen (secondary N) is 1. The highest BCUT2D eigenvalue weighted by molar-refractivity contribution is 5.90. The first kappa shape index (κ1) is 26.8. The molecule has 0 spiro atoms. The van der Waals surface area contributed by atoms with Crippen LogP contribution in [0, 0.1) is 11.8 Å². The first-order valence-corrected chi connectivity index (χ1v) is 11.5. The minimum absolute atomic E-state index is 0. The van der Waals surface area contributed by atoms with Gasteiger partial charge in [0.1, 0.15) is 0 Å². The molecule has 0 amide bonds. The number of hydrogen-bond donors (Lipinski definition) is 1. The van der Waals surface area contributed by atoms with Crippen LogP contribution in [0.4, 0.5) is 0 Å². The summed E-state index contributed by atoms with van der Waals surface area (Å²) in [5.41, 5.74) is 2.26. The van der Waals surface area contributed by atoms with E-state index in [-0.39, 0.29) is 30.3 Å². The number of methoxy groups -OCH3 is 2. The van der Waals surface area contributed by atoms with Gasteiger partial charge in [-0.25, -0.2) is 4.79 Å². The summed E-state index contributed by atoms with van der Waals surface area (Å²) >= 11 is 0. The average molecular weight is 475 g/mol. The van der Waals surface area contributed by atoms with Crippen LogP contribution in [0.1, 0.15) is 55.3 Å². The minimum Gasteiger partial charge on any atom is -0.469 e. The molecule has 180 valence electrons. The molecule has 4 rings (SSSR count). The smallest absolute Gasteiger partial charge is 0.337 e. The molecule has 1 aromatic heterocycles. The summed E-state index contributed by atoms with van der Waals surface area (Å²) in [6.07, 6.45) is 10.3. The summed E-state index contributed by atoms with van der Waals surface area (Å²) in [7, 11) is 2.87. The van der Waals surface area contributed by atoms with Crippen molar-refractivity contribution in [2.45, 2.75) is 51.0 Å². The zero-order valence-corrected chi connectivity index (χ0v) is 20.3. The van der Waals surface area contributed by atoms with Crippen molar-refractivity contribution in [1.82, 2.24) is 10.3 Å². The highest BCUT2D eigenvalue weighted by atomic mass is 35.5. The highest BCUT2D eigenvalue weighted by Crippen LogP contribution is 2.31. The molecule has 2 heterocycles. The first-order chi connectivity index (χ1) is 15.6. The molecule has 7 heteroatoms. The number of nitrogens with zero attached hydrogens (tertiary/aromatic N) is 1. The van der Waals surface area contributed by atoms with E-state index in [1.54, 1.807) is 18.3 Å². The number of carbonyl (C=O) groups excluding carboxylic acids is 2. The van der Waals surface area contributed by atoms with Crippen LogP contribution in [0.5, 0.6) is 0 Å². The predicted molar refractivity (Wildman–Crippen MR) is 131 cm³/mol. The number of benzene rings is 1. The molecule has 1 N–H and O–H groups in total. The van der Waals surface area contributed by atoms with Gasteiger partial charge in [0, 0.05) is 17.8 Å². The summed E-state index contributed by atoms with van der Waals surface area (Å²) in [5, 5.41) is 3.59. The number of pyridine rings is 1. The van der Waals surface area contributed by atoms with E-state index < -0.39 is 0 Å². The van der Waals surface area contributed by atoms with E-state index in [0.29, 0.717) is 11.6 Å². The molecule has 0 bridgehead atoms. The third-order valence-corrected chi connectivity index (χ3v) is 6.44. The van der Waals surface area contributed by atoms with Crippen LogP contribution in [0.3, 0.4) is 0 Å². The second-order valence-electron chi connectivity index (χ2n) is 8.49.